The van der Waals surface area contributed by atoms with Crippen LogP contribution in [0, 0.1) is 5.92 Å². The molecule has 0 saturated carbocycles. The zero-order valence-electron chi connectivity index (χ0n) is 10.7. The summed E-state index contributed by atoms with van der Waals surface area (Å²) < 4.78 is 28.4. The van der Waals surface area contributed by atoms with Crippen LogP contribution in [-0.4, -0.2) is 37.5 Å². The Labute approximate surface area is 128 Å². The van der Waals surface area contributed by atoms with Crippen LogP contribution in [0.2, 0.25) is 10.0 Å². The summed E-state index contributed by atoms with van der Waals surface area (Å²) in [4.78, 5) is 0. The average molecular weight is 339 g/mol. The van der Waals surface area contributed by atoms with Gasteiger partial charge in [-0.25, -0.2) is 0 Å². The number of anilines is 1. The fraction of sp³-hybridized carbons (Fsp3) is 0.500. The second-order valence-corrected chi connectivity index (χ2v) is 7.21. The maximum atomic E-state index is 12.3. The van der Waals surface area contributed by atoms with Gasteiger partial charge in [0.15, 0.2) is 0 Å². The van der Waals surface area contributed by atoms with E-state index in [9.17, 15) is 8.42 Å². The Morgan fingerprint density at radius 3 is 2.85 bits per heavy atom. The molecule has 5 nitrogen and oxygen atoms in total. The highest BCUT2D eigenvalue weighted by Crippen LogP contribution is 2.31. The third kappa shape index (κ3) is 3.56. The Morgan fingerprint density at radius 2 is 2.15 bits per heavy atom. The van der Waals surface area contributed by atoms with Crippen LogP contribution in [0.25, 0.3) is 0 Å². The Morgan fingerprint density at radius 1 is 1.40 bits per heavy atom. The molecule has 2 rings (SSSR count). The quantitative estimate of drug-likeness (QED) is 0.885. The molecule has 1 heterocycles. The highest BCUT2D eigenvalue weighted by molar-refractivity contribution is 7.90. The van der Waals surface area contributed by atoms with Crippen molar-refractivity contribution in [3.05, 3.63) is 28.2 Å². The molecule has 0 radical (unpaired) electrons. The Balaban J connectivity index is 2.16. The van der Waals surface area contributed by atoms with Crippen molar-refractivity contribution in [2.24, 2.45) is 5.92 Å². The predicted molar refractivity (Wildman–Crippen MR) is 80.4 cm³/mol. The molecule has 1 aliphatic heterocycles. The zero-order valence-corrected chi connectivity index (χ0v) is 13.0. The second-order valence-electron chi connectivity index (χ2n) is 4.76. The molecule has 20 heavy (non-hydrogen) atoms. The number of rotatable bonds is 4. The fourth-order valence-corrected chi connectivity index (χ4v) is 3.94. The predicted octanol–water partition coefficient (Wildman–Crippen LogP) is 2.35. The van der Waals surface area contributed by atoms with Crippen molar-refractivity contribution in [3.8, 4) is 0 Å². The van der Waals surface area contributed by atoms with Gasteiger partial charge in [0.05, 0.1) is 15.7 Å². The molecule has 0 bridgehead atoms. The van der Waals surface area contributed by atoms with Gasteiger partial charge in [0, 0.05) is 19.7 Å². The normalized spacial score (nSPS) is 20.9. The highest BCUT2D eigenvalue weighted by atomic mass is 35.5. The van der Waals surface area contributed by atoms with E-state index in [0.29, 0.717) is 18.1 Å². The first-order valence-electron chi connectivity index (χ1n) is 6.27. The third-order valence-corrected chi connectivity index (χ3v) is 5.58. The Kier molecular flexibility index (Phi) is 5.14. The van der Waals surface area contributed by atoms with Gasteiger partial charge in [-0.3, -0.25) is 4.72 Å². The average Bonchev–Trinajstić information content (AvgIpc) is 2.44. The zero-order chi connectivity index (χ0) is 14.8. The third-order valence-electron chi connectivity index (χ3n) is 3.27. The van der Waals surface area contributed by atoms with E-state index in [1.54, 1.807) is 18.2 Å². The molecule has 8 heteroatoms. The van der Waals surface area contributed by atoms with E-state index in [1.165, 1.54) is 4.31 Å². The molecule has 0 spiro atoms. The number of nitrogens with zero attached hydrogens (tertiary/aromatic N) is 1. The molecule has 1 fully saturated rings. The molecule has 0 amide bonds. The van der Waals surface area contributed by atoms with Gasteiger partial charge in [-0.2, -0.15) is 12.7 Å². The van der Waals surface area contributed by atoms with Crippen LogP contribution >= 0.6 is 23.2 Å². The lowest BCUT2D eigenvalue weighted by Gasteiger charge is -2.31. The number of aliphatic hydroxyl groups excluding tert-OH is 1. The molecule has 1 aliphatic rings. The van der Waals surface area contributed by atoms with E-state index in [-0.39, 0.29) is 23.2 Å². The summed E-state index contributed by atoms with van der Waals surface area (Å²) in [5, 5.41) is 9.63. The molecule has 112 valence electrons. The van der Waals surface area contributed by atoms with Gasteiger partial charge < -0.3 is 5.11 Å². The smallest absolute Gasteiger partial charge is 0.301 e. The lowest BCUT2D eigenvalue weighted by molar-refractivity contribution is 0.166. The second kappa shape index (κ2) is 6.49. The van der Waals surface area contributed by atoms with E-state index in [2.05, 4.69) is 4.72 Å². The number of aliphatic hydroxyl groups is 1. The molecule has 1 aromatic rings. The molecule has 2 N–H and O–H groups in total. The van der Waals surface area contributed by atoms with Crippen molar-refractivity contribution < 1.29 is 13.5 Å². The van der Waals surface area contributed by atoms with Crippen molar-refractivity contribution in [1.82, 2.24) is 4.31 Å². The molecule has 1 unspecified atom stereocenters. The van der Waals surface area contributed by atoms with E-state index >= 15 is 0 Å². The van der Waals surface area contributed by atoms with Crippen LogP contribution in [0.4, 0.5) is 5.69 Å². The van der Waals surface area contributed by atoms with Crippen molar-refractivity contribution in [3.63, 3.8) is 0 Å². The number of hydrogen-bond donors (Lipinski definition) is 2. The lowest BCUT2D eigenvalue weighted by atomic mass is 10.0. The van der Waals surface area contributed by atoms with Gasteiger partial charge in [-0.05, 0) is 30.9 Å². The van der Waals surface area contributed by atoms with Crippen molar-refractivity contribution in [2.45, 2.75) is 12.8 Å². The van der Waals surface area contributed by atoms with Crippen LogP contribution in [0.15, 0.2) is 18.2 Å². The van der Waals surface area contributed by atoms with E-state index in [1.807, 2.05) is 0 Å². The molecule has 0 aliphatic carbocycles. The number of nitrogens with one attached hydrogen (secondary N) is 1. The van der Waals surface area contributed by atoms with Gasteiger partial charge in [0.2, 0.25) is 0 Å². The Hall–Kier alpha value is -0.530. The number of halogens is 2. The summed E-state index contributed by atoms with van der Waals surface area (Å²) in [7, 11) is -3.69. The number of piperidine rings is 1. The summed E-state index contributed by atoms with van der Waals surface area (Å²) in [5.41, 5.74) is 0.255. The first kappa shape index (κ1) is 15.9. The van der Waals surface area contributed by atoms with Crippen LogP contribution < -0.4 is 4.72 Å². The summed E-state index contributed by atoms with van der Waals surface area (Å²) in [6, 6.07) is 4.77. The first-order valence-corrected chi connectivity index (χ1v) is 8.46. The molecule has 0 aromatic heterocycles. The topological polar surface area (TPSA) is 69.6 Å². The number of benzene rings is 1. The van der Waals surface area contributed by atoms with Crippen molar-refractivity contribution in [1.29, 1.82) is 0 Å². The maximum Gasteiger partial charge on any atom is 0.301 e. The standard InChI is InChI=1S/C12H16Cl2N2O3S/c13-10-4-1-5-11(12(10)14)15-20(18,19)16-6-2-3-9(7-16)8-17/h1,4-5,9,15,17H,2-3,6-8H2. The highest BCUT2D eigenvalue weighted by Gasteiger charge is 2.29. The van der Waals surface area contributed by atoms with Gasteiger partial charge in [0.25, 0.3) is 0 Å². The van der Waals surface area contributed by atoms with Crippen LogP contribution in [0.3, 0.4) is 0 Å². The summed E-state index contributed by atoms with van der Waals surface area (Å²) in [6.45, 7) is 0.734. The Bertz CT molecular complexity index is 580. The molecule has 1 saturated heterocycles. The molecular formula is C12H16Cl2N2O3S. The monoisotopic (exact) mass is 338 g/mol. The number of hydrogen-bond acceptors (Lipinski definition) is 3. The summed E-state index contributed by atoms with van der Waals surface area (Å²) in [6.07, 6.45) is 1.57. The molecule has 1 atom stereocenters. The minimum Gasteiger partial charge on any atom is -0.396 e. The minimum atomic E-state index is -3.69. The van der Waals surface area contributed by atoms with Crippen LogP contribution in [0.5, 0.6) is 0 Å². The van der Waals surface area contributed by atoms with E-state index in [0.717, 1.165) is 12.8 Å². The van der Waals surface area contributed by atoms with Crippen molar-refractivity contribution >= 4 is 39.1 Å². The largest absolute Gasteiger partial charge is 0.396 e. The van der Waals surface area contributed by atoms with Gasteiger partial charge in [-0.15, -0.1) is 0 Å². The van der Waals surface area contributed by atoms with E-state index < -0.39 is 10.2 Å². The van der Waals surface area contributed by atoms with Crippen LogP contribution in [0.1, 0.15) is 12.8 Å². The maximum absolute atomic E-state index is 12.3. The van der Waals surface area contributed by atoms with Crippen LogP contribution in [-0.2, 0) is 10.2 Å². The van der Waals surface area contributed by atoms with E-state index in [4.69, 9.17) is 28.3 Å². The van der Waals surface area contributed by atoms with Gasteiger partial charge in [0.1, 0.15) is 0 Å². The minimum absolute atomic E-state index is 0.00998. The summed E-state index contributed by atoms with van der Waals surface area (Å²) >= 11 is 11.8. The van der Waals surface area contributed by atoms with Crippen molar-refractivity contribution in [2.75, 3.05) is 24.4 Å². The lowest BCUT2D eigenvalue weighted by Crippen LogP contribution is -2.43. The SMILES string of the molecule is O=S(=O)(Nc1cccc(Cl)c1Cl)N1CCCC(CO)C1. The van der Waals surface area contributed by atoms with Gasteiger partial charge in [-0.1, -0.05) is 29.3 Å². The molecule has 1 aromatic carbocycles. The molecular weight excluding hydrogens is 323 g/mol. The fourth-order valence-electron chi connectivity index (χ4n) is 2.18. The first-order chi connectivity index (χ1) is 9.44. The van der Waals surface area contributed by atoms with Gasteiger partial charge >= 0.3 is 10.2 Å². The summed E-state index contributed by atoms with van der Waals surface area (Å²) in [5.74, 6) is -0.0184.